The van der Waals surface area contributed by atoms with Crippen molar-refractivity contribution in [2.75, 3.05) is 25.5 Å². The predicted octanol–water partition coefficient (Wildman–Crippen LogP) is 1.46. The molecule has 0 bridgehead atoms. The van der Waals surface area contributed by atoms with E-state index in [0.29, 0.717) is 19.3 Å². The lowest BCUT2D eigenvalue weighted by Gasteiger charge is -2.11. The summed E-state index contributed by atoms with van der Waals surface area (Å²) in [5, 5.41) is 5.27. The number of carbonyl (C=O) groups is 1. The summed E-state index contributed by atoms with van der Waals surface area (Å²) < 4.78 is 31.1. The summed E-state index contributed by atoms with van der Waals surface area (Å²) in [6.45, 7) is 1.14. The Hall–Kier alpha value is -1.71. The molecule has 0 spiro atoms. The number of amides is 2. The van der Waals surface area contributed by atoms with E-state index in [1.165, 1.54) is 38.2 Å². The molecule has 0 atom stereocenters. The molecule has 1 aliphatic carbocycles. The Morgan fingerprint density at radius 3 is 2.71 bits per heavy atom. The fourth-order valence-corrected chi connectivity index (χ4v) is 3.15. The Kier molecular flexibility index (Phi) is 6.95. The van der Waals surface area contributed by atoms with Crippen LogP contribution in [0.1, 0.15) is 32.1 Å². The molecule has 9 heteroatoms. The first-order valence-corrected chi connectivity index (χ1v) is 9.55. The average Bonchev–Trinajstić information content (AvgIpc) is 3.08. The van der Waals surface area contributed by atoms with E-state index in [1.54, 1.807) is 0 Å². The number of aromatic nitrogens is 1. The molecule has 1 saturated carbocycles. The summed E-state index contributed by atoms with van der Waals surface area (Å²) in [5.74, 6) is 0.282. The van der Waals surface area contributed by atoms with Gasteiger partial charge in [0.1, 0.15) is 10.7 Å². The van der Waals surface area contributed by atoms with E-state index in [4.69, 9.17) is 4.74 Å². The fraction of sp³-hybridized carbons (Fsp3) is 0.600. The first kappa shape index (κ1) is 18.6. The highest BCUT2D eigenvalue weighted by Gasteiger charge is 2.15. The molecule has 0 radical (unpaired) electrons. The van der Waals surface area contributed by atoms with Gasteiger partial charge >= 0.3 is 6.03 Å². The molecule has 8 nitrogen and oxygen atoms in total. The Morgan fingerprint density at radius 1 is 1.33 bits per heavy atom. The minimum absolute atomic E-state index is 0.0417. The number of pyridine rings is 1. The standard InChI is InChI=1S/C15H24N4O4S/c1-16-24(21,22)13-7-8-14(18-11-13)19-15(20)17-9-4-10-23-12-5-2-3-6-12/h7-8,11-12,16H,2-6,9-10H2,1H3,(H2,17,18,19,20). The maximum atomic E-state index is 11.7. The van der Waals surface area contributed by atoms with E-state index in [2.05, 4.69) is 20.3 Å². The van der Waals surface area contributed by atoms with Gasteiger partial charge in [-0.1, -0.05) is 12.8 Å². The third-order valence-electron chi connectivity index (χ3n) is 3.82. The number of hydrogen-bond donors (Lipinski definition) is 3. The SMILES string of the molecule is CNS(=O)(=O)c1ccc(NC(=O)NCCCOC2CCCC2)nc1. The van der Waals surface area contributed by atoms with E-state index >= 15 is 0 Å². The van der Waals surface area contributed by atoms with Crippen LogP contribution in [0.2, 0.25) is 0 Å². The van der Waals surface area contributed by atoms with Crippen LogP contribution in [-0.4, -0.2) is 45.7 Å². The molecule has 24 heavy (non-hydrogen) atoms. The lowest BCUT2D eigenvalue weighted by molar-refractivity contribution is 0.0572. The minimum atomic E-state index is -3.53. The van der Waals surface area contributed by atoms with Gasteiger partial charge < -0.3 is 10.1 Å². The number of carbonyl (C=O) groups excluding carboxylic acids is 1. The zero-order valence-electron chi connectivity index (χ0n) is 13.7. The number of nitrogens with one attached hydrogen (secondary N) is 3. The summed E-state index contributed by atoms with van der Waals surface area (Å²) in [6, 6.07) is 2.43. The Balaban J connectivity index is 1.66. The first-order valence-electron chi connectivity index (χ1n) is 8.07. The van der Waals surface area contributed by atoms with Gasteiger partial charge in [-0.05, 0) is 38.4 Å². The van der Waals surface area contributed by atoms with E-state index in [0.717, 1.165) is 19.3 Å². The molecule has 1 heterocycles. The number of anilines is 1. The molecule has 2 amide bonds. The van der Waals surface area contributed by atoms with Crippen LogP contribution in [-0.2, 0) is 14.8 Å². The van der Waals surface area contributed by atoms with Crippen LogP contribution >= 0.6 is 0 Å². The van der Waals surface area contributed by atoms with Gasteiger partial charge in [-0.2, -0.15) is 0 Å². The second-order valence-electron chi connectivity index (χ2n) is 5.60. The molecule has 0 aromatic carbocycles. The van der Waals surface area contributed by atoms with Crippen molar-refractivity contribution in [2.24, 2.45) is 0 Å². The van der Waals surface area contributed by atoms with Gasteiger partial charge in [-0.15, -0.1) is 0 Å². The van der Waals surface area contributed by atoms with E-state index < -0.39 is 10.0 Å². The summed E-state index contributed by atoms with van der Waals surface area (Å²) in [5.41, 5.74) is 0. The van der Waals surface area contributed by atoms with Crippen LogP contribution in [0, 0.1) is 0 Å². The number of urea groups is 1. The number of hydrogen-bond acceptors (Lipinski definition) is 5. The lowest BCUT2D eigenvalue weighted by Crippen LogP contribution is -2.30. The second-order valence-corrected chi connectivity index (χ2v) is 7.48. The smallest absolute Gasteiger partial charge is 0.320 e. The molecule has 0 unspecified atom stereocenters. The minimum Gasteiger partial charge on any atom is -0.378 e. The number of rotatable bonds is 8. The van der Waals surface area contributed by atoms with Gasteiger partial charge in [-0.25, -0.2) is 22.9 Å². The van der Waals surface area contributed by atoms with Crippen LogP contribution < -0.4 is 15.4 Å². The Bertz CT molecular complexity index is 627. The van der Waals surface area contributed by atoms with Crippen LogP contribution in [0.4, 0.5) is 10.6 Å². The molecule has 3 N–H and O–H groups in total. The topological polar surface area (TPSA) is 109 Å². The molecule has 2 rings (SSSR count). The van der Waals surface area contributed by atoms with Gasteiger partial charge in [0.05, 0.1) is 6.10 Å². The summed E-state index contributed by atoms with van der Waals surface area (Å²) in [7, 11) is -2.20. The Labute approximate surface area is 142 Å². The maximum absolute atomic E-state index is 11.7. The normalized spacial score (nSPS) is 15.4. The van der Waals surface area contributed by atoms with Crippen LogP contribution in [0.25, 0.3) is 0 Å². The maximum Gasteiger partial charge on any atom is 0.320 e. The zero-order chi connectivity index (χ0) is 17.4. The van der Waals surface area contributed by atoms with Crippen molar-refractivity contribution >= 4 is 21.9 Å². The summed E-state index contributed by atoms with van der Waals surface area (Å²) >= 11 is 0. The highest BCUT2D eigenvalue weighted by atomic mass is 32.2. The predicted molar refractivity (Wildman–Crippen MR) is 90.3 cm³/mol. The Morgan fingerprint density at radius 2 is 2.08 bits per heavy atom. The van der Waals surface area contributed by atoms with Gasteiger partial charge in [0.15, 0.2) is 0 Å². The van der Waals surface area contributed by atoms with Crippen molar-refractivity contribution < 1.29 is 17.9 Å². The molecule has 134 valence electrons. The van der Waals surface area contributed by atoms with Gasteiger partial charge in [0, 0.05) is 19.3 Å². The molecule has 1 aromatic rings. The average molecular weight is 356 g/mol. The van der Waals surface area contributed by atoms with Gasteiger partial charge in [-0.3, -0.25) is 5.32 Å². The monoisotopic (exact) mass is 356 g/mol. The van der Waals surface area contributed by atoms with Crippen molar-refractivity contribution in [3.8, 4) is 0 Å². The number of nitrogens with zero attached hydrogens (tertiary/aromatic N) is 1. The van der Waals surface area contributed by atoms with E-state index in [9.17, 15) is 13.2 Å². The van der Waals surface area contributed by atoms with Crippen molar-refractivity contribution in [1.82, 2.24) is 15.0 Å². The molecular formula is C15H24N4O4S. The first-order chi connectivity index (χ1) is 11.5. The number of ether oxygens (including phenoxy) is 1. The highest BCUT2D eigenvalue weighted by molar-refractivity contribution is 7.89. The van der Waals surface area contributed by atoms with Crippen molar-refractivity contribution in [2.45, 2.75) is 43.1 Å². The largest absolute Gasteiger partial charge is 0.378 e. The molecule has 1 aliphatic rings. The van der Waals surface area contributed by atoms with Crippen molar-refractivity contribution in [3.05, 3.63) is 18.3 Å². The molecule has 1 aromatic heterocycles. The lowest BCUT2D eigenvalue weighted by atomic mass is 10.3. The summed E-state index contributed by atoms with van der Waals surface area (Å²) in [6.07, 6.45) is 7.08. The molecule has 1 fully saturated rings. The quantitative estimate of drug-likeness (QED) is 0.611. The van der Waals surface area contributed by atoms with Crippen LogP contribution in [0.3, 0.4) is 0 Å². The number of sulfonamides is 1. The second kappa shape index (κ2) is 8.95. The third kappa shape index (κ3) is 5.73. The molecular weight excluding hydrogens is 332 g/mol. The van der Waals surface area contributed by atoms with Gasteiger partial charge in [0.2, 0.25) is 10.0 Å². The fourth-order valence-electron chi connectivity index (χ4n) is 2.47. The highest BCUT2D eigenvalue weighted by Crippen LogP contribution is 2.20. The van der Waals surface area contributed by atoms with Gasteiger partial charge in [0.25, 0.3) is 0 Å². The summed E-state index contributed by atoms with van der Waals surface area (Å²) in [4.78, 5) is 15.7. The molecule has 0 saturated heterocycles. The van der Waals surface area contributed by atoms with E-state index in [1.807, 2.05) is 0 Å². The van der Waals surface area contributed by atoms with Crippen LogP contribution in [0.15, 0.2) is 23.2 Å². The van der Waals surface area contributed by atoms with Crippen LogP contribution in [0.5, 0.6) is 0 Å². The molecule has 0 aliphatic heterocycles. The van der Waals surface area contributed by atoms with E-state index in [-0.39, 0.29) is 16.7 Å². The van der Waals surface area contributed by atoms with Crippen molar-refractivity contribution in [3.63, 3.8) is 0 Å². The zero-order valence-corrected chi connectivity index (χ0v) is 14.6. The van der Waals surface area contributed by atoms with Crippen molar-refractivity contribution in [1.29, 1.82) is 0 Å². The third-order valence-corrected chi connectivity index (χ3v) is 5.22.